The number of fused-ring (bicyclic) bond motifs is 1. The van der Waals surface area contributed by atoms with Crippen LogP contribution in [0.4, 0.5) is 5.69 Å². The van der Waals surface area contributed by atoms with Crippen LogP contribution in [-0.2, 0) is 12.3 Å². The molecule has 2 rings (SSSR count). The van der Waals surface area contributed by atoms with Crippen LogP contribution < -0.4 is 10.9 Å². The van der Waals surface area contributed by atoms with E-state index < -0.39 is 0 Å². The molecular formula is C8H10ClN3O. The highest BCUT2D eigenvalue weighted by molar-refractivity contribution is 6.17. The van der Waals surface area contributed by atoms with Gasteiger partial charge in [0.25, 0.3) is 5.56 Å². The number of aromatic amines is 1. The Morgan fingerprint density at radius 3 is 3.15 bits per heavy atom. The van der Waals surface area contributed by atoms with E-state index in [2.05, 4.69) is 15.5 Å². The monoisotopic (exact) mass is 199 g/mol. The van der Waals surface area contributed by atoms with Crippen LogP contribution in [-0.4, -0.2) is 16.7 Å². The van der Waals surface area contributed by atoms with Gasteiger partial charge in [-0.1, -0.05) is 0 Å². The van der Waals surface area contributed by atoms with Crippen LogP contribution in [0, 0.1) is 0 Å². The molecule has 0 fully saturated rings. The van der Waals surface area contributed by atoms with Gasteiger partial charge in [-0.25, -0.2) is 5.10 Å². The Morgan fingerprint density at radius 1 is 1.54 bits per heavy atom. The summed E-state index contributed by atoms with van der Waals surface area (Å²) in [6, 6.07) is 0. The number of nitrogens with one attached hydrogen (secondary N) is 2. The smallest absolute Gasteiger partial charge is 0.269 e. The van der Waals surface area contributed by atoms with Gasteiger partial charge in [-0.3, -0.25) is 4.79 Å². The van der Waals surface area contributed by atoms with Gasteiger partial charge in [0, 0.05) is 12.1 Å². The van der Waals surface area contributed by atoms with Crippen LogP contribution in [0.15, 0.2) is 4.79 Å². The third-order valence-corrected chi connectivity index (χ3v) is 2.44. The van der Waals surface area contributed by atoms with E-state index in [0.29, 0.717) is 5.88 Å². The Balaban J connectivity index is 2.59. The predicted molar refractivity (Wildman–Crippen MR) is 51.2 cm³/mol. The third-order valence-electron chi connectivity index (χ3n) is 2.19. The highest BCUT2D eigenvalue weighted by atomic mass is 35.5. The Kier molecular flexibility index (Phi) is 2.22. The van der Waals surface area contributed by atoms with Crippen molar-refractivity contribution in [3.63, 3.8) is 0 Å². The second kappa shape index (κ2) is 3.38. The maximum Gasteiger partial charge on any atom is 0.269 e. The minimum Gasteiger partial charge on any atom is -0.383 e. The lowest BCUT2D eigenvalue weighted by atomic mass is 10.1. The van der Waals surface area contributed by atoms with Gasteiger partial charge in [0.1, 0.15) is 0 Å². The van der Waals surface area contributed by atoms with Gasteiger partial charge in [0.2, 0.25) is 0 Å². The molecule has 0 spiro atoms. The number of hydrogen-bond acceptors (Lipinski definition) is 3. The molecule has 4 nitrogen and oxygen atoms in total. The molecule has 2 heterocycles. The van der Waals surface area contributed by atoms with E-state index in [9.17, 15) is 4.79 Å². The largest absolute Gasteiger partial charge is 0.383 e. The fraction of sp³-hybridized carbons (Fsp3) is 0.500. The average molecular weight is 200 g/mol. The van der Waals surface area contributed by atoms with Crippen molar-refractivity contribution in [2.75, 3.05) is 11.9 Å². The van der Waals surface area contributed by atoms with Crippen LogP contribution in [0.5, 0.6) is 0 Å². The number of H-pyrrole nitrogens is 1. The summed E-state index contributed by atoms with van der Waals surface area (Å²) in [6.07, 6.45) is 1.80. The zero-order valence-corrected chi connectivity index (χ0v) is 7.82. The summed E-state index contributed by atoms with van der Waals surface area (Å²) < 4.78 is 0. The topological polar surface area (TPSA) is 57.8 Å². The molecule has 0 bridgehead atoms. The van der Waals surface area contributed by atoms with Crippen LogP contribution >= 0.6 is 11.6 Å². The molecule has 0 unspecified atom stereocenters. The van der Waals surface area contributed by atoms with Crippen molar-refractivity contribution in [2.24, 2.45) is 0 Å². The van der Waals surface area contributed by atoms with Crippen LogP contribution in [0.2, 0.25) is 0 Å². The van der Waals surface area contributed by atoms with Crippen LogP contribution in [0.3, 0.4) is 0 Å². The number of anilines is 1. The van der Waals surface area contributed by atoms with Crippen molar-refractivity contribution < 1.29 is 0 Å². The SMILES string of the molecule is O=c1[nH]nc(CCl)c2c1CCCN2. The molecular weight excluding hydrogens is 190 g/mol. The van der Waals surface area contributed by atoms with Gasteiger partial charge in [0.05, 0.1) is 17.3 Å². The molecule has 1 aliphatic heterocycles. The number of hydrogen-bond donors (Lipinski definition) is 2. The van der Waals surface area contributed by atoms with Crippen molar-refractivity contribution in [3.8, 4) is 0 Å². The van der Waals surface area contributed by atoms with Crippen molar-refractivity contribution >= 4 is 17.3 Å². The third kappa shape index (κ3) is 1.42. The van der Waals surface area contributed by atoms with E-state index >= 15 is 0 Å². The molecule has 0 aliphatic carbocycles. The molecule has 0 saturated heterocycles. The highest BCUT2D eigenvalue weighted by Gasteiger charge is 2.16. The number of halogens is 1. The Bertz CT molecular complexity index is 374. The lowest BCUT2D eigenvalue weighted by Crippen LogP contribution is -2.24. The quantitative estimate of drug-likeness (QED) is 0.660. The second-order valence-electron chi connectivity index (χ2n) is 3.02. The van der Waals surface area contributed by atoms with E-state index in [-0.39, 0.29) is 5.56 Å². The summed E-state index contributed by atoms with van der Waals surface area (Å²) in [5, 5.41) is 9.48. The van der Waals surface area contributed by atoms with Gasteiger partial charge in [0.15, 0.2) is 0 Å². The first-order chi connectivity index (χ1) is 6.33. The van der Waals surface area contributed by atoms with E-state index in [1.807, 2.05) is 0 Å². The van der Waals surface area contributed by atoms with Crippen molar-refractivity contribution in [1.82, 2.24) is 10.2 Å². The summed E-state index contributed by atoms with van der Waals surface area (Å²) in [4.78, 5) is 11.3. The molecule has 70 valence electrons. The molecule has 2 N–H and O–H groups in total. The fourth-order valence-electron chi connectivity index (χ4n) is 1.55. The number of rotatable bonds is 1. The van der Waals surface area contributed by atoms with E-state index in [1.54, 1.807) is 0 Å². The van der Waals surface area contributed by atoms with E-state index in [4.69, 9.17) is 11.6 Å². The molecule has 0 radical (unpaired) electrons. The Morgan fingerprint density at radius 2 is 2.38 bits per heavy atom. The van der Waals surface area contributed by atoms with Gasteiger partial charge in [-0.2, -0.15) is 5.10 Å². The maximum atomic E-state index is 11.3. The van der Waals surface area contributed by atoms with Crippen LogP contribution in [0.1, 0.15) is 17.7 Å². The van der Waals surface area contributed by atoms with E-state index in [0.717, 1.165) is 36.3 Å². The molecule has 5 heteroatoms. The maximum absolute atomic E-state index is 11.3. The van der Waals surface area contributed by atoms with Gasteiger partial charge in [-0.15, -0.1) is 11.6 Å². The standard InChI is InChI=1S/C8H10ClN3O/c9-4-6-7-5(2-1-3-10-7)8(13)12-11-6/h10H,1-4H2,(H,12,13). The number of alkyl halides is 1. The number of aromatic nitrogens is 2. The molecule has 13 heavy (non-hydrogen) atoms. The Hall–Kier alpha value is -1.03. The first kappa shape index (κ1) is 8.56. The molecule has 0 atom stereocenters. The lowest BCUT2D eigenvalue weighted by Gasteiger charge is -2.18. The highest BCUT2D eigenvalue weighted by Crippen LogP contribution is 2.21. The first-order valence-corrected chi connectivity index (χ1v) is 4.76. The molecule has 1 aliphatic rings. The summed E-state index contributed by atoms with van der Waals surface area (Å²) in [7, 11) is 0. The zero-order valence-electron chi connectivity index (χ0n) is 7.06. The minimum atomic E-state index is -0.101. The van der Waals surface area contributed by atoms with Gasteiger partial charge >= 0.3 is 0 Å². The molecule has 0 amide bonds. The van der Waals surface area contributed by atoms with Crippen molar-refractivity contribution in [1.29, 1.82) is 0 Å². The lowest BCUT2D eigenvalue weighted by molar-refractivity contribution is 0.785. The van der Waals surface area contributed by atoms with Crippen molar-refractivity contribution in [2.45, 2.75) is 18.7 Å². The summed E-state index contributed by atoms with van der Waals surface area (Å²) in [5.41, 5.74) is 2.26. The molecule has 1 aromatic heterocycles. The molecule has 1 aromatic rings. The average Bonchev–Trinajstić information content (AvgIpc) is 2.19. The minimum absolute atomic E-state index is 0.101. The molecule has 0 aromatic carbocycles. The van der Waals surface area contributed by atoms with Crippen molar-refractivity contribution in [3.05, 3.63) is 21.6 Å². The predicted octanol–water partition coefficient (Wildman–Crippen LogP) is 0.867. The van der Waals surface area contributed by atoms with E-state index in [1.165, 1.54) is 0 Å². The molecule has 0 saturated carbocycles. The fourth-order valence-corrected chi connectivity index (χ4v) is 1.75. The second-order valence-corrected chi connectivity index (χ2v) is 3.28. The first-order valence-electron chi connectivity index (χ1n) is 4.23. The van der Waals surface area contributed by atoms with Gasteiger partial charge in [-0.05, 0) is 12.8 Å². The summed E-state index contributed by atoms with van der Waals surface area (Å²) in [5.74, 6) is 0.326. The summed E-state index contributed by atoms with van der Waals surface area (Å²) >= 11 is 5.69. The van der Waals surface area contributed by atoms with Crippen LogP contribution in [0.25, 0.3) is 0 Å². The Labute approximate surface area is 80.3 Å². The number of nitrogens with zero attached hydrogens (tertiary/aromatic N) is 1. The van der Waals surface area contributed by atoms with Gasteiger partial charge < -0.3 is 5.32 Å². The normalized spacial score (nSPS) is 14.8. The zero-order chi connectivity index (χ0) is 9.26. The summed E-state index contributed by atoms with van der Waals surface area (Å²) in [6.45, 7) is 0.891.